The molecule has 1 aromatic rings. The lowest BCUT2D eigenvalue weighted by Crippen LogP contribution is -2.52. The predicted octanol–water partition coefficient (Wildman–Crippen LogP) is 2.17. The third-order valence-electron chi connectivity index (χ3n) is 2.35. The topological polar surface area (TPSA) is 55.1 Å². The van der Waals surface area contributed by atoms with Crippen molar-refractivity contribution in [2.24, 2.45) is 5.73 Å². The standard InChI is InChI=1S/C12H15BrN2OS/c1-12(2,11(14)17)15-10(16)7-8-3-5-9(13)6-4-8/h3-6H,7H2,1-2H3,(H2,14,17)(H,15,16). The van der Waals surface area contributed by atoms with Crippen molar-refractivity contribution in [3.8, 4) is 0 Å². The van der Waals surface area contributed by atoms with Crippen molar-refractivity contribution in [3.05, 3.63) is 34.3 Å². The fourth-order valence-corrected chi connectivity index (χ4v) is 1.56. The first-order valence-electron chi connectivity index (χ1n) is 5.16. The molecule has 0 saturated carbocycles. The zero-order valence-electron chi connectivity index (χ0n) is 9.79. The van der Waals surface area contributed by atoms with Gasteiger partial charge in [-0.2, -0.15) is 0 Å². The molecule has 0 aliphatic heterocycles. The molecule has 92 valence electrons. The lowest BCUT2D eigenvalue weighted by Gasteiger charge is -2.24. The van der Waals surface area contributed by atoms with Gasteiger partial charge in [0.05, 0.1) is 16.9 Å². The third-order valence-corrected chi connectivity index (χ3v) is 3.38. The molecular formula is C12H15BrN2OS. The van der Waals surface area contributed by atoms with Crippen LogP contribution >= 0.6 is 28.1 Å². The van der Waals surface area contributed by atoms with Crippen LogP contribution in [0.25, 0.3) is 0 Å². The molecule has 5 heteroatoms. The lowest BCUT2D eigenvalue weighted by molar-refractivity contribution is -0.121. The minimum absolute atomic E-state index is 0.0925. The Hall–Kier alpha value is -0.940. The Kier molecular flexibility index (Phi) is 4.65. The molecule has 0 aliphatic carbocycles. The summed E-state index contributed by atoms with van der Waals surface area (Å²) in [5.74, 6) is -0.0925. The molecule has 0 saturated heterocycles. The van der Waals surface area contributed by atoms with E-state index in [1.807, 2.05) is 24.3 Å². The molecule has 0 bridgehead atoms. The van der Waals surface area contributed by atoms with Crippen molar-refractivity contribution >= 4 is 39.0 Å². The van der Waals surface area contributed by atoms with Crippen LogP contribution in [0.5, 0.6) is 0 Å². The van der Waals surface area contributed by atoms with Crippen LogP contribution in [-0.4, -0.2) is 16.4 Å². The Bertz CT molecular complexity index is 429. The van der Waals surface area contributed by atoms with Gasteiger partial charge in [-0.1, -0.05) is 40.3 Å². The number of carbonyl (C=O) groups is 1. The van der Waals surface area contributed by atoms with Crippen LogP contribution in [0.2, 0.25) is 0 Å². The van der Waals surface area contributed by atoms with E-state index in [4.69, 9.17) is 18.0 Å². The van der Waals surface area contributed by atoms with Crippen molar-refractivity contribution in [3.63, 3.8) is 0 Å². The number of hydrogen-bond acceptors (Lipinski definition) is 2. The molecule has 1 rings (SSSR count). The summed E-state index contributed by atoms with van der Waals surface area (Å²) >= 11 is 8.23. The Balaban J connectivity index is 2.62. The fourth-order valence-electron chi connectivity index (χ4n) is 1.24. The largest absolute Gasteiger partial charge is 0.391 e. The maximum Gasteiger partial charge on any atom is 0.225 e. The minimum Gasteiger partial charge on any atom is -0.391 e. The highest BCUT2D eigenvalue weighted by Gasteiger charge is 2.23. The zero-order chi connectivity index (χ0) is 13.1. The van der Waals surface area contributed by atoms with Gasteiger partial charge in [0.15, 0.2) is 0 Å². The third kappa shape index (κ3) is 4.44. The molecule has 0 fully saturated rings. The second-order valence-electron chi connectivity index (χ2n) is 4.34. The Morgan fingerprint density at radius 3 is 2.41 bits per heavy atom. The van der Waals surface area contributed by atoms with Gasteiger partial charge in [-0.05, 0) is 31.5 Å². The number of nitrogens with one attached hydrogen (secondary N) is 1. The van der Waals surface area contributed by atoms with E-state index in [1.165, 1.54) is 0 Å². The number of hydrogen-bond donors (Lipinski definition) is 2. The van der Waals surface area contributed by atoms with E-state index in [9.17, 15) is 4.79 Å². The van der Waals surface area contributed by atoms with Crippen LogP contribution in [0, 0.1) is 0 Å². The summed E-state index contributed by atoms with van der Waals surface area (Å²) in [4.78, 5) is 12.1. The van der Waals surface area contributed by atoms with Gasteiger partial charge in [0.1, 0.15) is 0 Å². The molecule has 0 aliphatic rings. The SMILES string of the molecule is CC(C)(NC(=O)Cc1ccc(Br)cc1)C(N)=S. The summed E-state index contributed by atoms with van der Waals surface area (Å²) < 4.78 is 0.991. The predicted molar refractivity (Wildman–Crippen MR) is 76.9 cm³/mol. The highest BCUT2D eigenvalue weighted by molar-refractivity contribution is 9.10. The normalized spacial score (nSPS) is 11.0. The first-order chi connectivity index (χ1) is 7.81. The highest BCUT2D eigenvalue weighted by Crippen LogP contribution is 2.11. The number of carbonyl (C=O) groups excluding carboxylic acids is 1. The highest BCUT2D eigenvalue weighted by atomic mass is 79.9. The van der Waals surface area contributed by atoms with E-state index in [0.717, 1.165) is 10.0 Å². The van der Waals surface area contributed by atoms with E-state index >= 15 is 0 Å². The van der Waals surface area contributed by atoms with E-state index in [0.29, 0.717) is 6.42 Å². The number of benzene rings is 1. The fraction of sp³-hybridized carbons (Fsp3) is 0.333. The zero-order valence-corrected chi connectivity index (χ0v) is 12.2. The Morgan fingerprint density at radius 2 is 1.94 bits per heavy atom. The lowest BCUT2D eigenvalue weighted by atomic mass is 10.0. The molecule has 0 aromatic heterocycles. The quantitative estimate of drug-likeness (QED) is 0.837. The number of rotatable bonds is 4. The summed E-state index contributed by atoms with van der Waals surface area (Å²) in [6.07, 6.45) is 0.319. The van der Waals surface area contributed by atoms with Gasteiger partial charge in [-0.15, -0.1) is 0 Å². The van der Waals surface area contributed by atoms with Gasteiger partial charge in [-0.3, -0.25) is 4.79 Å². The second kappa shape index (κ2) is 5.60. The monoisotopic (exact) mass is 314 g/mol. The molecule has 1 aromatic carbocycles. The summed E-state index contributed by atoms with van der Waals surface area (Å²) in [5.41, 5.74) is 5.84. The number of nitrogens with two attached hydrogens (primary N) is 1. The van der Waals surface area contributed by atoms with Crippen molar-refractivity contribution in [2.45, 2.75) is 25.8 Å². The molecule has 0 radical (unpaired) electrons. The maximum absolute atomic E-state index is 11.8. The van der Waals surface area contributed by atoms with Crippen LogP contribution in [0.4, 0.5) is 0 Å². The van der Waals surface area contributed by atoms with Gasteiger partial charge < -0.3 is 11.1 Å². The minimum atomic E-state index is -0.651. The molecule has 0 spiro atoms. The molecule has 0 unspecified atom stereocenters. The first-order valence-corrected chi connectivity index (χ1v) is 6.37. The van der Waals surface area contributed by atoms with Gasteiger partial charge in [-0.25, -0.2) is 0 Å². The van der Waals surface area contributed by atoms with E-state index < -0.39 is 5.54 Å². The average Bonchev–Trinajstić information content (AvgIpc) is 2.20. The van der Waals surface area contributed by atoms with Crippen molar-refractivity contribution in [1.82, 2.24) is 5.32 Å². The molecule has 0 heterocycles. The van der Waals surface area contributed by atoms with Crippen molar-refractivity contribution < 1.29 is 4.79 Å². The summed E-state index contributed by atoms with van der Waals surface area (Å²) in [6, 6.07) is 7.61. The molecule has 3 N–H and O–H groups in total. The Labute approximate surface area is 115 Å². The maximum atomic E-state index is 11.8. The number of halogens is 1. The molecular weight excluding hydrogens is 300 g/mol. The molecule has 1 amide bonds. The summed E-state index contributed by atoms with van der Waals surface area (Å²) in [5, 5.41) is 2.80. The van der Waals surface area contributed by atoms with Gasteiger partial charge in [0.25, 0.3) is 0 Å². The number of thiocarbonyl (C=S) groups is 1. The Morgan fingerprint density at radius 1 is 1.41 bits per heavy atom. The van der Waals surface area contributed by atoms with Crippen LogP contribution in [0.3, 0.4) is 0 Å². The van der Waals surface area contributed by atoms with Crippen LogP contribution in [-0.2, 0) is 11.2 Å². The van der Waals surface area contributed by atoms with Gasteiger partial charge in [0.2, 0.25) is 5.91 Å². The van der Waals surface area contributed by atoms with Crippen LogP contribution in [0.15, 0.2) is 28.7 Å². The van der Waals surface area contributed by atoms with E-state index in [1.54, 1.807) is 13.8 Å². The van der Waals surface area contributed by atoms with Gasteiger partial charge >= 0.3 is 0 Å². The van der Waals surface area contributed by atoms with Gasteiger partial charge in [0, 0.05) is 4.47 Å². The smallest absolute Gasteiger partial charge is 0.225 e. The molecule has 0 atom stereocenters. The molecule has 17 heavy (non-hydrogen) atoms. The second-order valence-corrected chi connectivity index (χ2v) is 5.70. The number of amides is 1. The van der Waals surface area contributed by atoms with E-state index in [2.05, 4.69) is 21.2 Å². The average molecular weight is 315 g/mol. The first kappa shape index (κ1) is 14.1. The summed E-state index contributed by atoms with van der Waals surface area (Å²) in [6.45, 7) is 3.57. The van der Waals surface area contributed by atoms with Crippen molar-refractivity contribution in [2.75, 3.05) is 0 Å². The summed E-state index contributed by atoms with van der Waals surface area (Å²) in [7, 11) is 0. The molecule has 3 nitrogen and oxygen atoms in total. The van der Waals surface area contributed by atoms with Crippen LogP contribution in [0.1, 0.15) is 19.4 Å². The van der Waals surface area contributed by atoms with E-state index in [-0.39, 0.29) is 10.9 Å². The van der Waals surface area contributed by atoms with Crippen LogP contribution < -0.4 is 11.1 Å². The van der Waals surface area contributed by atoms with Crippen molar-refractivity contribution in [1.29, 1.82) is 0 Å².